The summed E-state index contributed by atoms with van der Waals surface area (Å²) in [5.41, 5.74) is 0. The molecule has 8 heteroatoms. The highest BCUT2D eigenvalue weighted by Crippen LogP contribution is 2.19. The van der Waals surface area contributed by atoms with Crippen molar-refractivity contribution in [2.24, 2.45) is 0 Å². The first kappa shape index (κ1) is 11.6. The van der Waals surface area contributed by atoms with Crippen molar-refractivity contribution < 1.29 is 30.2 Å². The van der Waals surface area contributed by atoms with Crippen molar-refractivity contribution in [1.82, 2.24) is 0 Å². The van der Waals surface area contributed by atoms with E-state index in [0.717, 1.165) is 0 Å². The molecule has 0 atom stereocenters. The highest BCUT2D eigenvalue weighted by Gasteiger charge is 2.27. The van der Waals surface area contributed by atoms with E-state index in [9.17, 15) is 26.0 Å². The smallest absolute Gasteiger partial charge is 0.268 e. The van der Waals surface area contributed by atoms with E-state index in [1.165, 1.54) is 0 Å². The molecule has 0 aliphatic heterocycles. The summed E-state index contributed by atoms with van der Waals surface area (Å²) in [4.78, 5) is 0. The third kappa shape index (κ3) is 6.35. The molecule has 0 aromatic carbocycles. The van der Waals surface area contributed by atoms with Crippen LogP contribution in [-0.2, 0) is 14.3 Å². The van der Waals surface area contributed by atoms with Crippen molar-refractivity contribution in [3.05, 3.63) is 0 Å². The molecule has 0 fully saturated rings. The average molecular weight is 210 g/mol. The second-order valence-corrected chi connectivity index (χ2v) is 3.42. The molecular weight excluding hydrogens is 204 g/mol. The van der Waals surface area contributed by atoms with Crippen LogP contribution in [0.25, 0.3) is 0 Å². The minimum absolute atomic E-state index is 1.07. The molecule has 12 heavy (non-hydrogen) atoms. The monoisotopic (exact) mass is 210 g/mol. The van der Waals surface area contributed by atoms with Crippen molar-refractivity contribution in [3.63, 3.8) is 0 Å². The van der Waals surface area contributed by atoms with Gasteiger partial charge in [0, 0.05) is 0 Å². The van der Waals surface area contributed by atoms with Gasteiger partial charge >= 0.3 is 6.18 Å². The first-order chi connectivity index (χ1) is 5.27. The van der Waals surface area contributed by atoms with Crippen LogP contribution >= 0.6 is 0 Å². The van der Waals surface area contributed by atoms with Gasteiger partial charge in [0.05, 0.1) is 13.0 Å². The maximum atomic E-state index is 11.4. The number of halogens is 4. The zero-order chi connectivity index (χ0) is 9.83. The van der Waals surface area contributed by atoms with Gasteiger partial charge in [-0.3, -0.25) is 4.18 Å². The van der Waals surface area contributed by atoms with E-state index in [1.54, 1.807) is 0 Å². The molecule has 0 spiro atoms. The summed E-state index contributed by atoms with van der Waals surface area (Å²) >= 11 is 0. The molecule has 0 rings (SSSR count). The summed E-state index contributed by atoms with van der Waals surface area (Å²) in [5.74, 6) is 0. The average Bonchev–Trinajstić information content (AvgIpc) is 1.84. The molecule has 0 aromatic rings. The highest BCUT2D eigenvalue weighted by molar-refractivity contribution is 7.86. The zero-order valence-electron chi connectivity index (χ0n) is 5.77. The summed E-state index contributed by atoms with van der Waals surface area (Å²) in [6.45, 7) is -1.07. The topological polar surface area (TPSA) is 43.4 Å². The molecule has 0 saturated heterocycles. The van der Waals surface area contributed by atoms with Gasteiger partial charge in [-0.2, -0.15) is 21.6 Å². The van der Waals surface area contributed by atoms with Gasteiger partial charge < -0.3 is 0 Å². The second kappa shape index (κ2) is 4.04. The fraction of sp³-hybridized carbons (Fsp3) is 1.00. The molecule has 74 valence electrons. The standard InChI is InChI=1S/C4H6F4O3S/c5-3-12(9,10)11-2-1-4(6,7)8/h1-3H2. The molecule has 0 saturated carbocycles. The number of hydrogen-bond donors (Lipinski definition) is 0. The van der Waals surface area contributed by atoms with E-state index < -0.39 is 35.3 Å². The van der Waals surface area contributed by atoms with Crippen LogP contribution in [0.3, 0.4) is 0 Å². The lowest BCUT2D eigenvalue weighted by Gasteiger charge is -2.05. The van der Waals surface area contributed by atoms with Crippen molar-refractivity contribution >= 4 is 10.1 Å². The first-order valence-electron chi connectivity index (χ1n) is 2.77. The minimum Gasteiger partial charge on any atom is -0.268 e. The van der Waals surface area contributed by atoms with Gasteiger partial charge in [0.2, 0.25) is 6.01 Å². The van der Waals surface area contributed by atoms with Gasteiger partial charge in [0.15, 0.2) is 0 Å². The number of rotatable bonds is 4. The van der Waals surface area contributed by atoms with E-state index in [4.69, 9.17) is 0 Å². The molecule has 0 unspecified atom stereocenters. The van der Waals surface area contributed by atoms with Crippen LogP contribution in [-0.4, -0.2) is 27.2 Å². The molecule has 0 radical (unpaired) electrons. The number of alkyl halides is 4. The van der Waals surface area contributed by atoms with Crippen molar-refractivity contribution in [2.75, 3.05) is 12.6 Å². The van der Waals surface area contributed by atoms with Gasteiger partial charge in [0.1, 0.15) is 0 Å². The van der Waals surface area contributed by atoms with Crippen LogP contribution in [0.4, 0.5) is 17.6 Å². The Balaban J connectivity index is 3.73. The molecule has 0 aromatic heterocycles. The van der Waals surface area contributed by atoms with Crippen LogP contribution < -0.4 is 0 Å². The lowest BCUT2D eigenvalue weighted by atomic mass is 10.5. The summed E-state index contributed by atoms with van der Waals surface area (Å²) in [5, 5.41) is 0. The van der Waals surface area contributed by atoms with Gasteiger partial charge in [-0.05, 0) is 0 Å². The van der Waals surface area contributed by atoms with Crippen LogP contribution in [0.5, 0.6) is 0 Å². The van der Waals surface area contributed by atoms with Crippen molar-refractivity contribution in [3.8, 4) is 0 Å². The maximum Gasteiger partial charge on any atom is 0.391 e. The summed E-state index contributed by atoms with van der Waals surface area (Å²) in [7, 11) is -4.41. The lowest BCUT2D eigenvalue weighted by Crippen LogP contribution is -2.15. The summed E-state index contributed by atoms with van der Waals surface area (Å²) in [6, 6.07) is -1.81. The van der Waals surface area contributed by atoms with E-state index in [2.05, 4.69) is 4.18 Å². The summed E-state index contributed by atoms with van der Waals surface area (Å²) in [6.07, 6.45) is -5.90. The third-order valence-electron chi connectivity index (χ3n) is 0.782. The largest absolute Gasteiger partial charge is 0.391 e. The third-order valence-corrected chi connectivity index (χ3v) is 1.58. The molecule has 0 aliphatic carbocycles. The normalized spacial score (nSPS) is 13.3. The number of hydrogen-bond acceptors (Lipinski definition) is 3. The Morgan fingerprint density at radius 2 is 1.75 bits per heavy atom. The van der Waals surface area contributed by atoms with Crippen LogP contribution in [0, 0.1) is 0 Å². The van der Waals surface area contributed by atoms with E-state index in [1.807, 2.05) is 0 Å². The minimum atomic E-state index is -4.49. The van der Waals surface area contributed by atoms with Crippen LogP contribution in [0.15, 0.2) is 0 Å². The van der Waals surface area contributed by atoms with Crippen molar-refractivity contribution in [1.29, 1.82) is 0 Å². The lowest BCUT2D eigenvalue weighted by molar-refractivity contribution is -0.139. The van der Waals surface area contributed by atoms with Crippen molar-refractivity contribution in [2.45, 2.75) is 12.6 Å². The Bertz CT molecular complexity index is 219. The van der Waals surface area contributed by atoms with E-state index in [0.29, 0.717) is 0 Å². The zero-order valence-corrected chi connectivity index (χ0v) is 6.58. The van der Waals surface area contributed by atoms with Gasteiger partial charge in [-0.15, -0.1) is 0 Å². The Morgan fingerprint density at radius 3 is 2.08 bits per heavy atom. The van der Waals surface area contributed by atoms with Crippen LogP contribution in [0.1, 0.15) is 6.42 Å². The van der Waals surface area contributed by atoms with E-state index in [-0.39, 0.29) is 0 Å². The Morgan fingerprint density at radius 1 is 1.25 bits per heavy atom. The molecule has 0 aliphatic rings. The quantitative estimate of drug-likeness (QED) is 0.517. The highest BCUT2D eigenvalue weighted by atomic mass is 32.2. The van der Waals surface area contributed by atoms with Crippen LogP contribution in [0.2, 0.25) is 0 Å². The molecule has 3 nitrogen and oxygen atoms in total. The Hall–Kier alpha value is -0.370. The van der Waals surface area contributed by atoms with Gasteiger partial charge in [-0.25, -0.2) is 4.39 Å². The fourth-order valence-electron chi connectivity index (χ4n) is 0.316. The molecule has 0 heterocycles. The molecule has 0 bridgehead atoms. The predicted octanol–water partition coefficient (Wildman–Crippen LogP) is 1.21. The molecular formula is C4H6F4O3S. The molecule has 0 N–H and O–H groups in total. The fourth-order valence-corrected chi connectivity index (χ4v) is 0.716. The predicted molar refractivity (Wildman–Crippen MR) is 31.5 cm³/mol. The first-order valence-corrected chi connectivity index (χ1v) is 4.34. The molecule has 0 amide bonds. The van der Waals surface area contributed by atoms with Gasteiger partial charge in [0.25, 0.3) is 10.1 Å². The Labute approximate surface area is 66.4 Å². The Kier molecular flexibility index (Phi) is 3.91. The second-order valence-electron chi connectivity index (χ2n) is 1.85. The van der Waals surface area contributed by atoms with E-state index >= 15 is 0 Å². The SMILES string of the molecule is O=S(=O)(CF)OCCC(F)(F)F. The van der Waals surface area contributed by atoms with Gasteiger partial charge in [-0.1, -0.05) is 0 Å². The summed E-state index contributed by atoms with van der Waals surface area (Å²) < 4.78 is 69.4. The maximum absolute atomic E-state index is 11.4.